The summed E-state index contributed by atoms with van der Waals surface area (Å²) in [7, 11) is 0. The minimum absolute atomic E-state index is 0.111. The van der Waals surface area contributed by atoms with Crippen LogP contribution in [0, 0.1) is 0 Å². The minimum Gasteiger partial charge on any atom is -0.499 e. The summed E-state index contributed by atoms with van der Waals surface area (Å²) in [4.78, 5) is 10.9. The molecule has 66 valence electrons. The van der Waals surface area contributed by atoms with Gasteiger partial charge in [0.25, 0.3) is 0 Å². The maximum absolute atomic E-state index is 10.3. The second-order valence-corrected chi connectivity index (χ2v) is 3.47. The van der Waals surface area contributed by atoms with Crippen LogP contribution in [0.2, 0.25) is 0 Å². The van der Waals surface area contributed by atoms with E-state index in [1.165, 1.54) is 6.07 Å². The molecule has 0 saturated carbocycles. The van der Waals surface area contributed by atoms with Gasteiger partial charge in [-0.15, -0.1) is 11.3 Å². The van der Waals surface area contributed by atoms with Crippen LogP contribution in [0.1, 0.15) is 17.3 Å². The molecule has 5 heteroatoms. The van der Waals surface area contributed by atoms with Crippen molar-refractivity contribution in [1.82, 2.24) is 0 Å². The molecule has 0 amide bonds. The zero-order valence-electron chi connectivity index (χ0n) is 6.23. The first kappa shape index (κ1) is 9.02. The van der Waals surface area contributed by atoms with Crippen LogP contribution in [0.25, 0.3) is 0 Å². The molecular weight excluding hydrogens is 178 g/mol. The predicted octanol–water partition coefficient (Wildman–Crippen LogP) is 0.928. The van der Waals surface area contributed by atoms with Crippen molar-refractivity contribution < 1.29 is 15.0 Å². The summed E-state index contributed by atoms with van der Waals surface area (Å²) in [6.07, 6.45) is -0.111. The number of aromatic hydroxyl groups is 1. The Bertz CT molecular complexity index is 284. The second-order valence-electron chi connectivity index (χ2n) is 2.38. The van der Waals surface area contributed by atoms with E-state index >= 15 is 0 Å². The van der Waals surface area contributed by atoms with Crippen LogP contribution in [0.3, 0.4) is 0 Å². The third kappa shape index (κ3) is 2.21. The fraction of sp³-hybridized carbons (Fsp3) is 0.286. The Hall–Kier alpha value is -1.07. The van der Waals surface area contributed by atoms with Gasteiger partial charge in [-0.2, -0.15) is 0 Å². The number of aliphatic carboxylic acids is 1. The van der Waals surface area contributed by atoms with Crippen molar-refractivity contribution in [2.75, 3.05) is 0 Å². The van der Waals surface area contributed by atoms with Gasteiger partial charge in [-0.25, -0.2) is 0 Å². The first-order chi connectivity index (χ1) is 5.59. The topological polar surface area (TPSA) is 83.6 Å². The number of carbonyl (C=O) groups is 1. The standard InChI is InChI=1S/C7H9NO3S/c8-4(3-6(9)10)5-1-2-7(11)12-5/h1-2,4,11H,3,8H2,(H,9,10)/t4-/m1/s1. The first-order valence-electron chi connectivity index (χ1n) is 3.35. The SMILES string of the molecule is N[C@H](CC(=O)O)c1ccc(O)s1. The van der Waals surface area contributed by atoms with Crippen LogP contribution in [-0.2, 0) is 4.79 Å². The molecule has 0 saturated heterocycles. The van der Waals surface area contributed by atoms with E-state index in [2.05, 4.69) is 0 Å². The zero-order valence-corrected chi connectivity index (χ0v) is 7.04. The molecule has 0 fully saturated rings. The lowest BCUT2D eigenvalue weighted by Crippen LogP contribution is -2.13. The number of hydrogen-bond acceptors (Lipinski definition) is 4. The van der Waals surface area contributed by atoms with Crippen molar-refractivity contribution in [3.05, 3.63) is 17.0 Å². The number of carboxylic acid groups (broad SMARTS) is 1. The van der Waals surface area contributed by atoms with Gasteiger partial charge < -0.3 is 15.9 Å². The van der Waals surface area contributed by atoms with Crippen LogP contribution in [0.5, 0.6) is 5.06 Å². The summed E-state index contributed by atoms with van der Waals surface area (Å²) in [6.45, 7) is 0. The number of nitrogens with two attached hydrogens (primary N) is 1. The summed E-state index contributed by atoms with van der Waals surface area (Å²) < 4.78 is 0. The molecule has 1 rings (SSSR count). The summed E-state index contributed by atoms with van der Waals surface area (Å²) in [5.74, 6) is -0.935. The Labute approximate surface area is 73.3 Å². The van der Waals surface area contributed by atoms with Crippen LogP contribution < -0.4 is 5.73 Å². The van der Waals surface area contributed by atoms with Crippen molar-refractivity contribution in [3.8, 4) is 5.06 Å². The summed E-state index contributed by atoms with van der Waals surface area (Å²) in [6, 6.07) is 2.61. The average Bonchev–Trinajstić information content (AvgIpc) is 2.34. The fourth-order valence-corrected chi connectivity index (χ4v) is 1.58. The maximum Gasteiger partial charge on any atom is 0.305 e. The largest absolute Gasteiger partial charge is 0.499 e. The molecule has 1 aromatic rings. The average molecular weight is 187 g/mol. The molecule has 0 aliphatic carbocycles. The van der Waals surface area contributed by atoms with Crippen molar-refractivity contribution in [2.24, 2.45) is 5.73 Å². The predicted molar refractivity (Wildman–Crippen MR) is 45.2 cm³/mol. The van der Waals surface area contributed by atoms with Crippen molar-refractivity contribution in [3.63, 3.8) is 0 Å². The van der Waals surface area contributed by atoms with E-state index < -0.39 is 12.0 Å². The molecular formula is C7H9NO3S. The van der Waals surface area contributed by atoms with E-state index in [0.717, 1.165) is 11.3 Å². The van der Waals surface area contributed by atoms with Gasteiger partial charge in [0.15, 0.2) is 5.06 Å². The smallest absolute Gasteiger partial charge is 0.305 e. The Balaban J connectivity index is 2.64. The third-order valence-electron chi connectivity index (χ3n) is 1.37. The molecule has 4 N–H and O–H groups in total. The summed E-state index contributed by atoms with van der Waals surface area (Å²) >= 11 is 1.11. The van der Waals surface area contributed by atoms with Gasteiger partial charge in [0.2, 0.25) is 0 Å². The molecule has 1 aromatic heterocycles. The molecule has 0 aliphatic rings. The maximum atomic E-state index is 10.3. The molecule has 0 spiro atoms. The monoisotopic (exact) mass is 187 g/mol. The highest BCUT2D eigenvalue weighted by Crippen LogP contribution is 2.27. The molecule has 1 atom stereocenters. The van der Waals surface area contributed by atoms with Crippen LogP contribution >= 0.6 is 11.3 Å². The third-order valence-corrected chi connectivity index (χ3v) is 2.39. The van der Waals surface area contributed by atoms with Crippen molar-refractivity contribution in [1.29, 1.82) is 0 Å². The Kier molecular flexibility index (Phi) is 2.67. The Morgan fingerprint density at radius 3 is 2.75 bits per heavy atom. The van der Waals surface area contributed by atoms with E-state index in [4.69, 9.17) is 15.9 Å². The minimum atomic E-state index is -0.935. The molecule has 0 radical (unpaired) electrons. The van der Waals surface area contributed by atoms with Gasteiger partial charge in [0.1, 0.15) is 0 Å². The normalized spacial score (nSPS) is 12.8. The summed E-state index contributed by atoms with van der Waals surface area (Å²) in [5.41, 5.74) is 5.53. The van der Waals surface area contributed by atoms with Gasteiger partial charge in [-0.1, -0.05) is 0 Å². The highest BCUT2D eigenvalue weighted by atomic mass is 32.1. The number of rotatable bonds is 3. The lowest BCUT2D eigenvalue weighted by atomic mass is 10.2. The molecule has 0 unspecified atom stereocenters. The molecule has 0 bridgehead atoms. The Morgan fingerprint density at radius 2 is 2.33 bits per heavy atom. The van der Waals surface area contributed by atoms with Gasteiger partial charge in [-0.05, 0) is 12.1 Å². The first-order valence-corrected chi connectivity index (χ1v) is 4.17. The van der Waals surface area contributed by atoms with Gasteiger partial charge in [-0.3, -0.25) is 4.79 Å². The zero-order chi connectivity index (χ0) is 9.14. The van der Waals surface area contributed by atoms with Gasteiger partial charge in [0.05, 0.1) is 6.42 Å². The van der Waals surface area contributed by atoms with E-state index in [9.17, 15) is 4.79 Å². The van der Waals surface area contributed by atoms with E-state index in [1.807, 2.05) is 0 Å². The van der Waals surface area contributed by atoms with E-state index in [0.29, 0.717) is 4.88 Å². The molecule has 12 heavy (non-hydrogen) atoms. The number of hydrogen-bond donors (Lipinski definition) is 3. The van der Waals surface area contributed by atoms with Crippen LogP contribution in [-0.4, -0.2) is 16.2 Å². The van der Waals surface area contributed by atoms with E-state index in [-0.39, 0.29) is 11.5 Å². The van der Waals surface area contributed by atoms with Gasteiger partial charge in [0, 0.05) is 10.9 Å². The van der Waals surface area contributed by atoms with Crippen molar-refractivity contribution >= 4 is 17.3 Å². The lowest BCUT2D eigenvalue weighted by molar-refractivity contribution is -0.137. The quantitative estimate of drug-likeness (QED) is 0.657. The molecule has 4 nitrogen and oxygen atoms in total. The highest BCUT2D eigenvalue weighted by Gasteiger charge is 2.12. The van der Waals surface area contributed by atoms with Crippen LogP contribution in [0.15, 0.2) is 12.1 Å². The molecule has 1 heterocycles. The number of thiophene rings is 1. The lowest BCUT2D eigenvalue weighted by Gasteiger charge is -2.03. The van der Waals surface area contributed by atoms with Gasteiger partial charge >= 0.3 is 5.97 Å². The fourth-order valence-electron chi connectivity index (χ4n) is 0.830. The van der Waals surface area contributed by atoms with Crippen LogP contribution in [0.4, 0.5) is 0 Å². The molecule has 0 aliphatic heterocycles. The summed E-state index contributed by atoms with van der Waals surface area (Å²) in [5, 5.41) is 17.5. The van der Waals surface area contributed by atoms with E-state index in [1.54, 1.807) is 6.07 Å². The number of carboxylic acids is 1. The Morgan fingerprint density at radius 1 is 1.67 bits per heavy atom. The van der Waals surface area contributed by atoms with Crippen molar-refractivity contribution in [2.45, 2.75) is 12.5 Å². The second kappa shape index (κ2) is 3.55. The highest BCUT2D eigenvalue weighted by molar-refractivity contribution is 7.13. The molecule has 0 aromatic carbocycles.